The molecular weight excluding hydrogens is 318 g/mol. The van der Waals surface area contributed by atoms with Crippen molar-refractivity contribution in [2.75, 3.05) is 18.1 Å². The van der Waals surface area contributed by atoms with Gasteiger partial charge < -0.3 is 5.32 Å². The number of nitrogens with zero attached hydrogens (tertiary/aromatic N) is 3. The predicted molar refractivity (Wildman–Crippen MR) is 95.1 cm³/mol. The molecule has 2 heterocycles. The summed E-state index contributed by atoms with van der Waals surface area (Å²) in [4.78, 5) is 32.5. The zero-order valence-corrected chi connectivity index (χ0v) is 13.9. The molecule has 1 aliphatic rings. The molecule has 25 heavy (non-hydrogen) atoms. The second kappa shape index (κ2) is 7.57. The number of aromatic nitrogens is 1. The van der Waals surface area contributed by atoms with Gasteiger partial charge in [0.25, 0.3) is 11.8 Å². The number of pyridine rings is 1. The minimum Gasteiger partial charge on any atom is -0.349 e. The Kier molecular flexibility index (Phi) is 5.03. The third-order valence-electron chi connectivity index (χ3n) is 3.74. The van der Waals surface area contributed by atoms with E-state index in [1.165, 1.54) is 5.01 Å². The number of aryl methyl sites for hydroxylation is 1. The summed E-state index contributed by atoms with van der Waals surface area (Å²) in [7, 11) is 0. The van der Waals surface area contributed by atoms with Crippen LogP contribution in [0.3, 0.4) is 0 Å². The molecule has 0 fully saturated rings. The van der Waals surface area contributed by atoms with E-state index in [4.69, 9.17) is 0 Å². The van der Waals surface area contributed by atoms with Crippen LogP contribution < -0.4 is 15.8 Å². The molecule has 7 heteroatoms. The standard InChI is InChI=1S/C18H19N5O2/c1-13-5-7-15(8-6-13)23-16(24)12-21-17(22-23)18(25)20-11-9-14-4-2-3-10-19-14/h2-8,10H,9,11-12H2,1H3,(H,20,25)(H,21,22). The van der Waals surface area contributed by atoms with Crippen LogP contribution in [0.15, 0.2) is 53.7 Å². The van der Waals surface area contributed by atoms with Crippen LogP contribution in [-0.4, -0.2) is 35.7 Å². The Morgan fingerprint density at radius 3 is 2.76 bits per heavy atom. The van der Waals surface area contributed by atoms with Crippen molar-refractivity contribution in [1.29, 1.82) is 0 Å². The Bertz CT molecular complexity index is 787. The summed E-state index contributed by atoms with van der Waals surface area (Å²) >= 11 is 0. The highest BCUT2D eigenvalue weighted by Gasteiger charge is 2.25. The smallest absolute Gasteiger partial charge is 0.288 e. The summed E-state index contributed by atoms with van der Waals surface area (Å²) < 4.78 is 0. The van der Waals surface area contributed by atoms with Crippen LogP contribution >= 0.6 is 0 Å². The van der Waals surface area contributed by atoms with E-state index in [9.17, 15) is 9.59 Å². The summed E-state index contributed by atoms with van der Waals surface area (Å²) in [6.07, 6.45) is 2.34. The first-order valence-electron chi connectivity index (χ1n) is 8.02. The Balaban J connectivity index is 1.59. The van der Waals surface area contributed by atoms with Crippen LogP contribution in [0.2, 0.25) is 0 Å². The molecular formula is C18H19N5O2. The highest BCUT2D eigenvalue weighted by Crippen LogP contribution is 2.15. The average Bonchev–Trinajstić information content (AvgIpc) is 2.64. The Hall–Kier alpha value is -3.22. The van der Waals surface area contributed by atoms with Crippen LogP contribution in [0.5, 0.6) is 0 Å². The number of hydrazine groups is 1. The lowest BCUT2D eigenvalue weighted by atomic mass is 10.2. The van der Waals surface area contributed by atoms with Gasteiger partial charge in [-0.15, -0.1) is 0 Å². The fourth-order valence-electron chi connectivity index (χ4n) is 2.38. The minimum atomic E-state index is -0.347. The van der Waals surface area contributed by atoms with Gasteiger partial charge in [0.05, 0.1) is 5.69 Å². The van der Waals surface area contributed by atoms with Crippen molar-refractivity contribution in [3.05, 3.63) is 59.9 Å². The first kappa shape index (κ1) is 16.6. The van der Waals surface area contributed by atoms with Gasteiger partial charge in [-0.2, -0.15) is 0 Å². The molecule has 0 aliphatic carbocycles. The fraction of sp³-hybridized carbons (Fsp3) is 0.222. The number of nitrogens with one attached hydrogen (secondary N) is 2. The van der Waals surface area contributed by atoms with Crippen molar-refractivity contribution in [1.82, 2.24) is 15.7 Å². The summed E-state index contributed by atoms with van der Waals surface area (Å²) in [6, 6.07) is 13.1. The molecule has 0 atom stereocenters. The number of carbonyl (C=O) groups is 2. The first-order valence-corrected chi connectivity index (χ1v) is 8.02. The van der Waals surface area contributed by atoms with Gasteiger partial charge in [-0.25, -0.2) is 5.01 Å². The molecule has 128 valence electrons. The number of rotatable bonds is 5. The highest BCUT2D eigenvalue weighted by atomic mass is 16.2. The third-order valence-corrected chi connectivity index (χ3v) is 3.74. The van der Waals surface area contributed by atoms with Gasteiger partial charge in [-0.05, 0) is 31.2 Å². The number of benzene rings is 1. The van der Waals surface area contributed by atoms with E-state index in [0.29, 0.717) is 18.7 Å². The Labute approximate surface area is 145 Å². The number of anilines is 1. The van der Waals surface area contributed by atoms with Crippen molar-refractivity contribution < 1.29 is 9.59 Å². The maximum atomic E-state index is 12.3. The number of amides is 2. The van der Waals surface area contributed by atoms with E-state index < -0.39 is 0 Å². The summed E-state index contributed by atoms with van der Waals surface area (Å²) in [6.45, 7) is 2.34. The molecule has 0 radical (unpaired) electrons. The van der Waals surface area contributed by atoms with Gasteiger partial charge in [0.2, 0.25) is 5.84 Å². The van der Waals surface area contributed by atoms with Gasteiger partial charge in [-0.3, -0.25) is 25.0 Å². The summed E-state index contributed by atoms with van der Waals surface area (Å²) in [5.74, 6) is -0.435. The molecule has 2 aromatic rings. The van der Waals surface area contributed by atoms with Gasteiger partial charge in [0.1, 0.15) is 6.54 Å². The Morgan fingerprint density at radius 2 is 2.04 bits per heavy atom. The van der Waals surface area contributed by atoms with Crippen molar-refractivity contribution >= 4 is 23.3 Å². The SMILES string of the molecule is Cc1ccc(N2NC(C(=O)NCCc3ccccn3)=NCC2=O)cc1. The normalized spacial score (nSPS) is 13.9. The van der Waals surface area contributed by atoms with E-state index in [1.807, 2.05) is 49.4 Å². The zero-order chi connectivity index (χ0) is 17.6. The zero-order valence-electron chi connectivity index (χ0n) is 13.9. The number of hydrogen-bond donors (Lipinski definition) is 2. The van der Waals surface area contributed by atoms with E-state index in [1.54, 1.807) is 6.20 Å². The number of hydrogen-bond acceptors (Lipinski definition) is 5. The molecule has 3 rings (SSSR count). The molecule has 0 saturated carbocycles. The average molecular weight is 337 g/mol. The molecule has 1 aromatic carbocycles. The summed E-state index contributed by atoms with van der Waals surface area (Å²) in [5.41, 5.74) is 5.46. The van der Waals surface area contributed by atoms with Gasteiger partial charge in [0.15, 0.2) is 0 Å². The van der Waals surface area contributed by atoms with Crippen molar-refractivity contribution in [2.45, 2.75) is 13.3 Å². The molecule has 7 nitrogen and oxygen atoms in total. The second-order valence-corrected chi connectivity index (χ2v) is 5.67. The molecule has 2 amide bonds. The van der Waals surface area contributed by atoms with E-state index in [0.717, 1.165) is 11.3 Å². The van der Waals surface area contributed by atoms with Gasteiger partial charge in [0, 0.05) is 24.9 Å². The maximum Gasteiger partial charge on any atom is 0.288 e. The molecule has 1 aliphatic heterocycles. The van der Waals surface area contributed by atoms with E-state index in [-0.39, 0.29) is 24.2 Å². The topological polar surface area (TPSA) is 86.7 Å². The third kappa shape index (κ3) is 4.20. The van der Waals surface area contributed by atoms with Crippen molar-refractivity contribution in [3.8, 4) is 0 Å². The van der Waals surface area contributed by atoms with Crippen LogP contribution in [0.1, 0.15) is 11.3 Å². The van der Waals surface area contributed by atoms with E-state index >= 15 is 0 Å². The van der Waals surface area contributed by atoms with Crippen molar-refractivity contribution in [2.24, 2.45) is 4.99 Å². The molecule has 0 unspecified atom stereocenters. The monoisotopic (exact) mass is 337 g/mol. The number of aliphatic imine (C=N–C) groups is 1. The van der Waals surface area contributed by atoms with Crippen molar-refractivity contribution in [3.63, 3.8) is 0 Å². The maximum absolute atomic E-state index is 12.3. The Morgan fingerprint density at radius 1 is 1.24 bits per heavy atom. The number of carbonyl (C=O) groups excluding carboxylic acids is 2. The summed E-state index contributed by atoms with van der Waals surface area (Å²) in [5, 5.41) is 4.13. The van der Waals surface area contributed by atoms with Gasteiger partial charge >= 0.3 is 0 Å². The predicted octanol–water partition coefficient (Wildman–Crippen LogP) is 0.999. The lowest BCUT2D eigenvalue weighted by Crippen LogP contribution is -2.55. The van der Waals surface area contributed by atoms with Crippen LogP contribution in [0.4, 0.5) is 5.69 Å². The lowest BCUT2D eigenvalue weighted by molar-refractivity contribution is -0.118. The fourth-order valence-corrected chi connectivity index (χ4v) is 2.38. The highest BCUT2D eigenvalue weighted by molar-refractivity contribution is 6.39. The van der Waals surface area contributed by atoms with Gasteiger partial charge in [-0.1, -0.05) is 23.8 Å². The quantitative estimate of drug-likeness (QED) is 0.852. The molecule has 1 aromatic heterocycles. The largest absolute Gasteiger partial charge is 0.349 e. The van der Waals surface area contributed by atoms with Crippen LogP contribution in [-0.2, 0) is 16.0 Å². The molecule has 0 spiro atoms. The second-order valence-electron chi connectivity index (χ2n) is 5.67. The molecule has 0 saturated heterocycles. The molecule has 0 bridgehead atoms. The van der Waals surface area contributed by atoms with Crippen LogP contribution in [0.25, 0.3) is 0 Å². The minimum absolute atomic E-state index is 0.0656. The lowest BCUT2D eigenvalue weighted by Gasteiger charge is -2.27. The molecule has 2 N–H and O–H groups in total. The van der Waals surface area contributed by atoms with Crippen LogP contribution in [0, 0.1) is 6.92 Å². The van der Waals surface area contributed by atoms with E-state index in [2.05, 4.69) is 20.7 Å². The first-order chi connectivity index (χ1) is 12.1. The number of amidine groups is 1.